The molecule has 3 aromatic carbocycles. The third-order valence-corrected chi connectivity index (χ3v) is 5.09. The number of carbonyl (C=O) groups excluding carboxylic acids is 1. The summed E-state index contributed by atoms with van der Waals surface area (Å²) in [6.45, 7) is 2.89. The predicted octanol–water partition coefficient (Wildman–Crippen LogP) is 4.64. The molecule has 0 amide bonds. The van der Waals surface area contributed by atoms with Crippen LogP contribution in [0.15, 0.2) is 42.5 Å². The van der Waals surface area contributed by atoms with Crippen molar-refractivity contribution in [3.05, 3.63) is 71.0 Å². The van der Waals surface area contributed by atoms with Gasteiger partial charge in [0.15, 0.2) is 11.6 Å². The van der Waals surface area contributed by atoms with Gasteiger partial charge in [-0.15, -0.1) is 5.10 Å². The number of nitrogens with zero attached hydrogens (tertiary/aromatic N) is 4. The van der Waals surface area contributed by atoms with Gasteiger partial charge < -0.3 is 5.11 Å². The van der Waals surface area contributed by atoms with Crippen molar-refractivity contribution in [1.29, 1.82) is 5.26 Å². The molecule has 0 saturated carbocycles. The van der Waals surface area contributed by atoms with Crippen LogP contribution in [0.4, 0.5) is 13.2 Å². The van der Waals surface area contributed by atoms with Crippen molar-refractivity contribution in [2.75, 3.05) is 0 Å². The molecule has 33 heavy (non-hydrogen) atoms. The van der Waals surface area contributed by atoms with E-state index < -0.39 is 23.1 Å². The quantitative estimate of drug-likeness (QED) is 0.448. The number of rotatable bonds is 5. The SMILES string of the molecule is CC(C)(O)Cn1nnc2cc(-c3ccc(C=O)cc3-c3ccc(C#N)c(F)c3)c(F)c(F)c21. The third kappa shape index (κ3) is 4.08. The number of carbonyl (C=O) groups is 1. The zero-order chi connectivity index (χ0) is 23.9. The molecule has 0 aliphatic rings. The fraction of sp³-hybridized carbons (Fsp3) is 0.167. The molecule has 0 bridgehead atoms. The van der Waals surface area contributed by atoms with Crippen LogP contribution in [-0.2, 0) is 6.54 Å². The minimum atomic E-state index is -1.24. The molecule has 1 aromatic heterocycles. The van der Waals surface area contributed by atoms with E-state index in [0.717, 1.165) is 10.7 Å². The fourth-order valence-electron chi connectivity index (χ4n) is 3.63. The maximum atomic E-state index is 15.3. The summed E-state index contributed by atoms with van der Waals surface area (Å²) in [6, 6.07) is 11.1. The van der Waals surface area contributed by atoms with Gasteiger partial charge >= 0.3 is 0 Å². The average molecular weight is 450 g/mol. The fourth-order valence-corrected chi connectivity index (χ4v) is 3.63. The number of aldehydes is 1. The number of halogens is 3. The van der Waals surface area contributed by atoms with Crippen molar-refractivity contribution in [2.24, 2.45) is 0 Å². The number of aromatic nitrogens is 3. The monoisotopic (exact) mass is 450 g/mol. The molecule has 1 N–H and O–H groups in total. The Balaban J connectivity index is 1.95. The van der Waals surface area contributed by atoms with Gasteiger partial charge in [0.25, 0.3) is 0 Å². The summed E-state index contributed by atoms with van der Waals surface area (Å²) in [5, 5.41) is 26.7. The Morgan fingerprint density at radius 2 is 1.82 bits per heavy atom. The molecule has 6 nitrogen and oxygen atoms in total. The lowest BCUT2D eigenvalue weighted by molar-refractivity contribution is 0.0583. The molecule has 0 spiro atoms. The normalized spacial score (nSPS) is 11.5. The van der Waals surface area contributed by atoms with Crippen LogP contribution < -0.4 is 0 Å². The Kier molecular flexibility index (Phi) is 5.47. The molecule has 1 heterocycles. The van der Waals surface area contributed by atoms with Crippen LogP contribution >= 0.6 is 0 Å². The molecular weight excluding hydrogens is 433 g/mol. The molecule has 0 aliphatic heterocycles. The molecule has 166 valence electrons. The second kappa shape index (κ2) is 8.15. The number of fused-ring (bicyclic) bond motifs is 1. The van der Waals surface area contributed by atoms with E-state index >= 15 is 8.78 Å². The summed E-state index contributed by atoms with van der Waals surface area (Å²) in [5.74, 6) is -3.17. The van der Waals surface area contributed by atoms with E-state index in [1.54, 1.807) is 6.07 Å². The van der Waals surface area contributed by atoms with Gasteiger partial charge in [-0.2, -0.15) is 5.26 Å². The van der Waals surface area contributed by atoms with Crippen LogP contribution in [0, 0.1) is 28.8 Å². The topological polar surface area (TPSA) is 91.8 Å². The highest BCUT2D eigenvalue weighted by atomic mass is 19.2. The van der Waals surface area contributed by atoms with Gasteiger partial charge in [-0.25, -0.2) is 17.9 Å². The highest BCUT2D eigenvalue weighted by Gasteiger charge is 2.24. The van der Waals surface area contributed by atoms with Crippen molar-refractivity contribution in [3.8, 4) is 28.3 Å². The summed E-state index contributed by atoms with van der Waals surface area (Å²) >= 11 is 0. The number of hydrogen-bond acceptors (Lipinski definition) is 5. The highest BCUT2D eigenvalue weighted by molar-refractivity contribution is 5.91. The predicted molar refractivity (Wildman–Crippen MR) is 115 cm³/mol. The first-order valence-corrected chi connectivity index (χ1v) is 9.86. The Labute approximate surface area is 186 Å². The Morgan fingerprint density at radius 1 is 1.06 bits per heavy atom. The molecular formula is C24H17F3N4O2. The van der Waals surface area contributed by atoms with Gasteiger partial charge in [0.2, 0.25) is 0 Å². The lowest BCUT2D eigenvalue weighted by Crippen LogP contribution is -2.27. The number of benzene rings is 3. The maximum absolute atomic E-state index is 15.3. The largest absolute Gasteiger partial charge is 0.389 e. The van der Waals surface area contributed by atoms with Gasteiger partial charge in [-0.1, -0.05) is 23.4 Å². The van der Waals surface area contributed by atoms with Gasteiger partial charge in [0.1, 0.15) is 29.2 Å². The van der Waals surface area contributed by atoms with Crippen molar-refractivity contribution in [2.45, 2.75) is 26.0 Å². The molecule has 0 radical (unpaired) electrons. The Bertz CT molecular complexity index is 1450. The van der Waals surface area contributed by atoms with Crippen LogP contribution in [0.2, 0.25) is 0 Å². The minimum Gasteiger partial charge on any atom is -0.389 e. The molecule has 4 aromatic rings. The van der Waals surface area contributed by atoms with E-state index in [2.05, 4.69) is 10.3 Å². The van der Waals surface area contributed by atoms with Crippen LogP contribution in [-0.4, -0.2) is 32.0 Å². The number of nitriles is 1. The first-order valence-electron chi connectivity index (χ1n) is 9.86. The van der Waals surface area contributed by atoms with E-state index in [1.807, 2.05) is 0 Å². The van der Waals surface area contributed by atoms with Crippen LogP contribution in [0.3, 0.4) is 0 Å². The number of aliphatic hydroxyl groups is 1. The van der Waals surface area contributed by atoms with Gasteiger partial charge in [-0.3, -0.25) is 4.79 Å². The molecule has 0 saturated heterocycles. The molecule has 0 atom stereocenters. The van der Waals surface area contributed by atoms with Crippen LogP contribution in [0.1, 0.15) is 29.8 Å². The Morgan fingerprint density at radius 3 is 2.45 bits per heavy atom. The van der Waals surface area contributed by atoms with Gasteiger partial charge in [0.05, 0.1) is 17.7 Å². The summed E-state index contributed by atoms with van der Waals surface area (Å²) in [7, 11) is 0. The molecule has 0 aliphatic carbocycles. The third-order valence-electron chi connectivity index (χ3n) is 5.09. The van der Waals surface area contributed by atoms with Crippen molar-refractivity contribution in [1.82, 2.24) is 15.0 Å². The zero-order valence-electron chi connectivity index (χ0n) is 17.6. The van der Waals surface area contributed by atoms with E-state index in [1.165, 1.54) is 50.2 Å². The van der Waals surface area contributed by atoms with Gasteiger partial charge in [0, 0.05) is 11.1 Å². The van der Waals surface area contributed by atoms with Gasteiger partial charge in [-0.05, 0) is 54.8 Å². The standard InChI is InChI=1S/C24H17F3N4O2/c1-24(2,33)12-31-23-20(29-30-31)9-18(21(26)22(23)27)16-6-3-13(11-32)7-17(16)14-4-5-15(10-28)19(25)8-14/h3-9,11,33H,12H2,1-2H3. The van der Waals surface area contributed by atoms with Crippen molar-refractivity contribution in [3.63, 3.8) is 0 Å². The molecule has 4 rings (SSSR count). The first kappa shape index (κ1) is 22.2. The summed E-state index contributed by atoms with van der Waals surface area (Å²) in [4.78, 5) is 11.3. The summed E-state index contributed by atoms with van der Waals surface area (Å²) < 4.78 is 45.8. The summed E-state index contributed by atoms with van der Waals surface area (Å²) in [6.07, 6.45) is 0.579. The van der Waals surface area contributed by atoms with E-state index in [0.29, 0.717) is 6.29 Å². The number of hydrogen-bond donors (Lipinski definition) is 1. The second-order valence-electron chi connectivity index (χ2n) is 8.21. The van der Waals surface area contributed by atoms with Crippen molar-refractivity contribution >= 4 is 17.3 Å². The zero-order valence-corrected chi connectivity index (χ0v) is 17.6. The molecule has 0 unspecified atom stereocenters. The lowest BCUT2D eigenvalue weighted by atomic mass is 9.91. The Hall–Kier alpha value is -4.03. The molecule has 9 heteroatoms. The average Bonchev–Trinajstić information content (AvgIpc) is 3.16. The smallest absolute Gasteiger partial charge is 0.187 e. The van der Waals surface area contributed by atoms with Crippen LogP contribution in [0.5, 0.6) is 0 Å². The second-order valence-corrected chi connectivity index (χ2v) is 8.21. The minimum absolute atomic E-state index is 0.0598. The highest BCUT2D eigenvalue weighted by Crippen LogP contribution is 2.37. The lowest BCUT2D eigenvalue weighted by Gasteiger charge is -2.17. The maximum Gasteiger partial charge on any atom is 0.187 e. The summed E-state index contributed by atoms with van der Waals surface area (Å²) in [5.41, 5.74) is -0.725. The van der Waals surface area contributed by atoms with E-state index in [9.17, 15) is 14.3 Å². The van der Waals surface area contributed by atoms with E-state index in [4.69, 9.17) is 5.26 Å². The first-order chi connectivity index (χ1) is 15.6. The van der Waals surface area contributed by atoms with Crippen LogP contribution in [0.25, 0.3) is 33.3 Å². The molecule has 0 fully saturated rings. The van der Waals surface area contributed by atoms with Crippen molar-refractivity contribution < 1.29 is 23.1 Å². The van der Waals surface area contributed by atoms with E-state index in [-0.39, 0.29) is 51.0 Å².